The third-order valence-electron chi connectivity index (χ3n) is 8.64. The van der Waals surface area contributed by atoms with Crippen molar-refractivity contribution in [3.8, 4) is 0 Å². The first-order valence-electron chi connectivity index (χ1n) is 22.3. The molecule has 0 aromatic carbocycles. The van der Waals surface area contributed by atoms with Crippen molar-refractivity contribution >= 4 is 94.1 Å². The smallest absolute Gasteiger partial charge is 0.0151 e. The Bertz CT molecular complexity index is 699. The second-order valence-electron chi connectivity index (χ2n) is 17.7. The molecule has 0 amide bonds. The van der Waals surface area contributed by atoms with Gasteiger partial charge in [-0.25, -0.2) is 0 Å². The zero-order chi connectivity index (χ0) is 51.5. The molecule has 0 spiro atoms. The van der Waals surface area contributed by atoms with E-state index in [1.54, 1.807) is 0 Å². The lowest BCUT2D eigenvalue weighted by Crippen LogP contribution is -2.26. The quantitative estimate of drug-likeness (QED) is 0.0812. The topological polar surface area (TPSA) is 25.9 Å². The molecule has 63 heavy (non-hydrogen) atoms. The Hall–Kier alpha value is 2.48. The summed E-state index contributed by atoms with van der Waals surface area (Å²) in [4.78, 5) is 17.7. The van der Waals surface area contributed by atoms with E-state index in [0.29, 0.717) is 18.1 Å². The number of hydrogen-bond donors (Lipinski definition) is 0. The molecular weight excluding hydrogens is 933 g/mol. The number of nitrogens with zero attached hydrogens (tertiary/aromatic N) is 8. The Morgan fingerprint density at radius 3 is 0.635 bits per heavy atom. The van der Waals surface area contributed by atoms with Crippen LogP contribution < -0.4 is 0 Å². The molecule has 0 rings (SSSR count). The van der Waals surface area contributed by atoms with Crippen LogP contribution in [-0.4, -0.2) is 297 Å². The third-order valence-corrected chi connectivity index (χ3v) is 15.2. The molecule has 2 unspecified atom stereocenters. The minimum Gasteiger partial charge on any atom is -0.309 e. The van der Waals surface area contributed by atoms with E-state index in [4.69, 9.17) is 0 Å². The molecular formula is C47H118N8S8. The predicted octanol–water partition coefficient (Wildman–Crippen LogP) is 10.0. The molecule has 0 saturated heterocycles. The fraction of sp³-hybridized carbons (Fsp3) is 1.00. The van der Waals surface area contributed by atoms with Crippen LogP contribution in [0.2, 0.25) is 0 Å². The van der Waals surface area contributed by atoms with Gasteiger partial charge in [0.05, 0.1) is 0 Å². The summed E-state index contributed by atoms with van der Waals surface area (Å²) in [6.45, 7) is 19.4. The fourth-order valence-corrected chi connectivity index (χ4v) is 8.38. The summed E-state index contributed by atoms with van der Waals surface area (Å²) >= 11 is 15.2. The molecule has 8 nitrogen and oxygen atoms in total. The lowest BCUT2D eigenvalue weighted by atomic mass is 10.4. The summed E-state index contributed by atoms with van der Waals surface area (Å²) in [7, 11) is 33.7. The van der Waals surface area contributed by atoms with Crippen molar-refractivity contribution in [3.05, 3.63) is 0 Å². The highest BCUT2D eigenvalue weighted by Gasteiger charge is 2.03. The molecule has 0 aliphatic heterocycles. The minimum absolute atomic E-state index is 0.713. The summed E-state index contributed by atoms with van der Waals surface area (Å²) in [6.07, 6.45) is 18.4. The first kappa shape index (κ1) is 82.4. The van der Waals surface area contributed by atoms with E-state index >= 15 is 0 Å². The van der Waals surface area contributed by atoms with Gasteiger partial charge in [-0.2, -0.15) is 94.1 Å². The highest BCUT2D eigenvalue weighted by Crippen LogP contribution is 2.06. The van der Waals surface area contributed by atoms with Gasteiger partial charge in [-0.15, -0.1) is 0 Å². The van der Waals surface area contributed by atoms with Crippen molar-refractivity contribution in [1.82, 2.24) is 39.2 Å². The van der Waals surface area contributed by atoms with E-state index in [2.05, 4.69) is 244 Å². The Kier molecular flexibility index (Phi) is 84.3. The molecule has 0 saturated carbocycles. The van der Waals surface area contributed by atoms with E-state index in [-0.39, 0.29) is 0 Å². The SMILES string of the molecule is CSC(C)CN(C)C.CSCC(C)N(C)C.CSCCCN(C)C.CSCCN(C)C.CSC[C@@H](C)N(C)C.CSC[C@H](C)N(C)C.CS[C@@H](C)CN(C)C.CS[C@H](C)CN(C)C. The largest absolute Gasteiger partial charge is 0.309 e. The maximum absolute atomic E-state index is 2.24. The first-order valence-corrected chi connectivity index (χ1v) is 33.2. The Balaban J connectivity index is -0.0000000915. The lowest BCUT2D eigenvalue weighted by Gasteiger charge is -2.17. The first-order chi connectivity index (χ1) is 29.1. The van der Waals surface area contributed by atoms with Crippen LogP contribution in [0.15, 0.2) is 0 Å². The van der Waals surface area contributed by atoms with Gasteiger partial charge in [0, 0.05) is 83.1 Å². The molecule has 0 heterocycles. The summed E-state index contributed by atoms with van der Waals surface area (Å²) in [5.74, 6) is 6.22. The van der Waals surface area contributed by atoms with Crippen LogP contribution in [0.5, 0.6) is 0 Å². The van der Waals surface area contributed by atoms with Gasteiger partial charge in [0.2, 0.25) is 0 Å². The van der Waals surface area contributed by atoms with Crippen LogP contribution in [0.3, 0.4) is 0 Å². The fourth-order valence-electron chi connectivity index (χ4n) is 3.74. The van der Waals surface area contributed by atoms with E-state index < -0.39 is 0 Å². The zero-order valence-electron chi connectivity index (χ0n) is 48.1. The Morgan fingerprint density at radius 2 is 0.540 bits per heavy atom. The molecule has 0 aromatic rings. The van der Waals surface area contributed by atoms with Crippen LogP contribution in [0, 0.1) is 0 Å². The summed E-state index contributed by atoms with van der Waals surface area (Å²) in [6, 6.07) is 2.14. The second kappa shape index (κ2) is 64.5. The molecule has 16 heteroatoms. The monoisotopic (exact) mass is 1050 g/mol. The van der Waals surface area contributed by atoms with Crippen LogP contribution in [0.1, 0.15) is 48.0 Å². The van der Waals surface area contributed by atoms with Gasteiger partial charge in [0.15, 0.2) is 0 Å². The molecule has 0 fully saturated rings. The molecule has 0 radical (unpaired) electrons. The minimum atomic E-state index is 0.713. The zero-order valence-corrected chi connectivity index (χ0v) is 54.6. The van der Waals surface area contributed by atoms with E-state index in [9.17, 15) is 0 Å². The maximum Gasteiger partial charge on any atom is 0.0151 e. The van der Waals surface area contributed by atoms with Gasteiger partial charge in [-0.05, 0) is 202 Å². The van der Waals surface area contributed by atoms with Crippen molar-refractivity contribution in [1.29, 1.82) is 0 Å². The van der Waals surface area contributed by atoms with Crippen molar-refractivity contribution in [3.63, 3.8) is 0 Å². The lowest BCUT2D eigenvalue weighted by molar-refractivity contribution is 0.340. The number of rotatable bonds is 25. The Labute approximate surface area is 436 Å². The van der Waals surface area contributed by atoms with Crippen molar-refractivity contribution < 1.29 is 0 Å². The van der Waals surface area contributed by atoms with Crippen LogP contribution in [-0.2, 0) is 0 Å². The van der Waals surface area contributed by atoms with E-state index in [1.807, 2.05) is 94.1 Å². The van der Waals surface area contributed by atoms with Gasteiger partial charge in [0.25, 0.3) is 0 Å². The normalized spacial score (nSPS) is 13.6. The van der Waals surface area contributed by atoms with Crippen molar-refractivity contribution in [2.75, 3.05) is 224 Å². The van der Waals surface area contributed by atoms with Gasteiger partial charge in [-0.1, -0.05) is 20.8 Å². The molecule has 394 valence electrons. The second-order valence-corrected chi connectivity index (χ2v) is 26.2. The highest BCUT2D eigenvalue weighted by molar-refractivity contribution is 8.00. The van der Waals surface area contributed by atoms with Crippen molar-refractivity contribution in [2.24, 2.45) is 0 Å². The van der Waals surface area contributed by atoms with Crippen LogP contribution in [0.4, 0.5) is 0 Å². The molecule has 6 atom stereocenters. The van der Waals surface area contributed by atoms with Crippen LogP contribution >= 0.6 is 94.1 Å². The molecule has 0 aromatic heterocycles. The Morgan fingerprint density at radius 1 is 0.302 bits per heavy atom. The number of hydrogen-bond acceptors (Lipinski definition) is 16. The van der Waals surface area contributed by atoms with E-state index in [0.717, 1.165) is 15.7 Å². The van der Waals surface area contributed by atoms with Crippen LogP contribution in [0.25, 0.3) is 0 Å². The van der Waals surface area contributed by atoms with Gasteiger partial charge >= 0.3 is 0 Å². The third kappa shape index (κ3) is 98.8. The maximum atomic E-state index is 2.24. The van der Waals surface area contributed by atoms with E-state index in [1.165, 1.54) is 67.9 Å². The number of thioether (sulfide) groups is 8. The summed E-state index contributed by atoms with van der Waals surface area (Å²) in [5, 5.41) is 2.31. The summed E-state index contributed by atoms with van der Waals surface area (Å²) < 4.78 is 0. The molecule has 0 bridgehead atoms. The molecule has 0 aliphatic rings. The molecule has 0 N–H and O–H groups in total. The summed E-state index contributed by atoms with van der Waals surface area (Å²) in [5.41, 5.74) is 0. The highest BCUT2D eigenvalue weighted by atomic mass is 32.2. The van der Waals surface area contributed by atoms with Gasteiger partial charge in [0.1, 0.15) is 0 Å². The molecule has 0 aliphatic carbocycles. The van der Waals surface area contributed by atoms with Gasteiger partial charge < -0.3 is 39.2 Å². The predicted molar refractivity (Wildman–Crippen MR) is 328 cm³/mol. The average Bonchev–Trinajstić information content (AvgIpc) is 3.18. The average molecular weight is 1050 g/mol. The van der Waals surface area contributed by atoms with Crippen molar-refractivity contribution in [2.45, 2.75) is 81.8 Å². The van der Waals surface area contributed by atoms with Gasteiger partial charge in [-0.3, -0.25) is 0 Å². The standard InChI is InChI=1S/7C6H15NS.C5H13NS/c3*1-6(5-8-4)7(2)3;3*1-6(8-4)5-7(2)3;1-7(2)5-4-6-8-3;1-6(2)4-5-7-3/h6*6H,5H2,1-4H3;4-6H2,1-3H3;4-5H2,1-3H3/t2*6-;;2*6-;;;/m10.10.../s1.